The van der Waals surface area contributed by atoms with Crippen molar-refractivity contribution in [2.75, 3.05) is 0 Å². The van der Waals surface area contributed by atoms with Gasteiger partial charge in [-0.15, -0.1) is 0 Å². The highest BCUT2D eigenvalue weighted by Gasteiger charge is 2.53. The molecular weight excluding hydrogens is 841 g/mol. The minimum absolute atomic E-state index is 0.139. The van der Waals surface area contributed by atoms with Gasteiger partial charge in [-0.25, -0.2) is 0 Å². The maximum Gasteiger partial charge on any atom is 0.0731 e. The molecule has 0 aromatic heterocycles. The quantitative estimate of drug-likeness (QED) is 0.120. The van der Waals surface area contributed by atoms with Crippen molar-refractivity contribution in [3.63, 3.8) is 0 Å². The highest BCUT2D eigenvalue weighted by atomic mass is 14.5. The molecule has 0 saturated carbocycles. The molecule has 3 aliphatic carbocycles. The summed E-state index contributed by atoms with van der Waals surface area (Å²) in [6, 6.07) is 88.1. The summed E-state index contributed by atoms with van der Waals surface area (Å²) in [7, 11) is 0. The Morgan fingerprint density at radius 1 is 0.243 bits per heavy atom. The van der Waals surface area contributed by atoms with Crippen LogP contribution in [0.4, 0.5) is 0 Å². The summed E-state index contributed by atoms with van der Waals surface area (Å²) < 4.78 is 0. The van der Waals surface area contributed by atoms with Crippen molar-refractivity contribution in [3.8, 4) is 55.6 Å². The Balaban J connectivity index is 1.01. The van der Waals surface area contributed by atoms with E-state index in [0.717, 1.165) is 0 Å². The molecule has 0 bridgehead atoms. The van der Waals surface area contributed by atoms with E-state index < -0.39 is 5.41 Å². The maximum atomic E-state index is 2.55. The molecule has 0 N–H and O–H groups in total. The molecule has 0 radical (unpaired) electrons. The lowest BCUT2D eigenvalue weighted by Gasteiger charge is -2.32. The average Bonchev–Trinajstić information content (AvgIpc) is 3.97. The molecule has 0 saturated heterocycles. The number of hydrogen-bond acceptors (Lipinski definition) is 0. The zero-order valence-electron chi connectivity index (χ0n) is 38.9. The molecular formula is C70H44. The van der Waals surface area contributed by atoms with Gasteiger partial charge < -0.3 is 0 Å². The van der Waals surface area contributed by atoms with Crippen LogP contribution in [0.3, 0.4) is 0 Å². The zero-order chi connectivity index (χ0) is 46.0. The number of hydrogen-bond donors (Lipinski definition) is 0. The number of rotatable bonds is 2. The zero-order valence-corrected chi connectivity index (χ0v) is 38.9. The number of benzene rings is 13. The van der Waals surface area contributed by atoms with Crippen molar-refractivity contribution >= 4 is 64.6 Å². The van der Waals surface area contributed by atoms with Crippen molar-refractivity contribution in [3.05, 3.63) is 264 Å². The monoisotopic (exact) mass is 884 g/mol. The minimum Gasteiger partial charge on any atom is -0.0619 e. The summed E-state index contributed by atoms with van der Waals surface area (Å²) >= 11 is 0. The van der Waals surface area contributed by atoms with Crippen LogP contribution < -0.4 is 0 Å². The Morgan fingerprint density at radius 2 is 0.714 bits per heavy atom. The Labute approximate surface area is 406 Å². The van der Waals surface area contributed by atoms with Gasteiger partial charge in [-0.05, 0) is 178 Å². The maximum absolute atomic E-state index is 2.55. The van der Waals surface area contributed by atoms with Crippen LogP contribution in [-0.4, -0.2) is 0 Å². The van der Waals surface area contributed by atoms with Crippen molar-refractivity contribution in [1.82, 2.24) is 0 Å². The van der Waals surface area contributed by atoms with Crippen LogP contribution in [0.15, 0.2) is 231 Å². The molecule has 0 atom stereocenters. The molecule has 3 aliphatic rings. The molecule has 0 heterocycles. The summed E-state index contributed by atoms with van der Waals surface area (Å²) in [5.74, 6) is 0. The predicted octanol–water partition coefficient (Wildman–Crippen LogP) is 18.6. The first-order valence-corrected chi connectivity index (χ1v) is 24.8. The van der Waals surface area contributed by atoms with E-state index in [1.54, 1.807) is 0 Å². The van der Waals surface area contributed by atoms with Crippen molar-refractivity contribution in [2.45, 2.75) is 24.7 Å². The van der Waals surface area contributed by atoms with Gasteiger partial charge in [0.15, 0.2) is 0 Å². The highest BCUT2D eigenvalue weighted by molar-refractivity contribution is 6.26. The van der Waals surface area contributed by atoms with Gasteiger partial charge in [0, 0.05) is 5.41 Å². The molecule has 324 valence electrons. The smallest absolute Gasteiger partial charge is 0.0619 e. The van der Waals surface area contributed by atoms with Gasteiger partial charge in [0.25, 0.3) is 0 Å². The molecule has 0 amide bonds. The molecule has 0 heteroatoms. The highest BCUT2D eigenvalue weighted by Crippen LogP contribution is 2.66. The number of fused-ring (bicyclic) bond motifs is 23. The van der Waals surface area contributed by atoms with Gasteiger partial charge >= 0.3 is 0 Å². The summed E-state index contributed by atoms with van der Waals surface area (Å²) in [6.45, 7) is 4.81. The molecule has 13 aromatic rings. The van der Waals surface area contributed by atoms with E-state index >= 15 is 0 Å². The van der Waals surface area contributed by atoms with E-state index in [2.05, 4.69) is 244 Å². The minimum atomic E-state index is -0.499. The fraction of sp³-hybridized carbons (Fsp3) is 0.0571. The normalized spacial score (nSPS) is 14.4. The molecule has 13 aromatic carbocycles. The van der Waals surface area contributed by atoms with Crippen LogP contribution in [0.5, 0.6) is 0 Å². The fourth-order valence-corrected chi connectivity index (χ4v) is 14.2. The van der Waals surface area contributed by atoms with E-state index in [1.807, 2.05) is 0 Å². The first-order valence-electron chi connectivity index (χ1n) is 24.8. The lowest BCUT2D eigenvalue weighted by Crippen LogP contribution is -2.26. The fourth-order valence-electron chi connectivity index (χ4n) is 14.2. The molecule has 0 fully saturated rings. The van der Waals surface area contributed by atoms with Gasteiger partial charge in [-0.2, -0.15) is 0 Å². The van der Waals surface area contributed by atoms with Gasteiger partial charge in [0.1, 0.15) is 0 Å². The molecule has 0 nitrogen and oxygen atoms in total. The summed E-state index contributed by atoms with van der Waals surface area (Å²) in [5.41, 5.74) is 20.8. The molecule has 0 aliphatic heterocycles. The molecule has 16 rings (SSSR count). The van der Waals surface area contributed by atoms with Crippen LogP contribution in [0, 0.1) is 0 Å². The van der Waals surface area contributed by atoms with Gasteiger partial charge in [-0.1, -0.05) is 220 Å². The second kappa shape index (κ2) is 13.6. The van der Waals surface area contributed by atoms with E-state index in [-0.39, 0.29) is 5.41 Å². The van der Waals surface area contributed by atoms with Gasteiger partial charge in [0.2, 0.25) is 0 Å². The van der Waals surface area contributed by atoms with E-state index in [4.69, 9.17) is 0 Å². The Kier molecular flexibility index (Phi) is 7.44. The lowest BCUT2D eigenvalue weighted by molar-refractivity contribution is 0.661. The molecule has 1 spiro atoms. The topological polar surface area (TPSA) is 0 Å². The van der Waals surface area contributed by atoms with Crippen molar-refractivity contribution in [1.29, 1.82) is 0 Å². The van der Waals surface area contributed by atoms with Crippen LogP contribution in [0.25, 0.3) is 120 Å². The van der Waals surface area contributed by atoms with Crippen LogP contribution >= 0.6 is 0 Å². The van der Waals surface area contributed by atoms with Crippen LogP contribution in [-0.2, 0) is 10.8 Å². The van der Waals surface area contributed by atoms with Crippen LogP contribution in [0.1, 0.15) is 47.2 Å². The van der Waals surface area contributed by atoms with Gasteiger partial charge in [-0.3, -0.25) is 0 Å². The lowest BCUT2D eigenvalue weighted by atomic mass is 9.69. The Morgan fingerprint density at radius 3 is 1.34 bits per heavy atom. The van der Waals surface area contributed by atoms with E-state index in [1.165, 1.54) is 154 Å². The van der Waals surface area contributed by atoms with Crippen molar-refractivity contribution < 1.29 is 0 Å². The van der Waals surface area contributed by atoms with Gasteiger partial charge in [0.05, 0.1) is 5.41 Å². The second-order valence-corrected chi connectivity index (χ2v) is 20.5. The third kappa shape index (κ3) is 4.67. The molecule has 70 heavy (non-hydrogen) atoms. The summed E-state index contributed by atoms with van der Waals surface area (Å²) in [6.07, 6.45) is 0. The first-order chi connectivity index (χ1) is 34.5. The van der Waals surface area contributed by atoms with Crippen molar-refractivity contribution in [2.24, 2.45) is 0 Å². The average molecular weight is 885 g/mol. The largest absolute Gasteiger partial charge is 0.0731 e. The second-order valence-electron chi connectivity index (χ2n) is 20.5. The summed E-state index contributed by atoms with van der Waals surface area (Å²) in [5, 5.41) is 15.4. The van der Waals surface area contributed by atoms with Crippen LogP contribution in [0.2, 0.25) is 0 Å². The van der Waals surface area contributed by atoms with E-state index in [0.29, 0.717) is 0 Å². The predicted molar refractivity (Wildman–Crippen MR) is 296 cm³/mol. The standard InChI is InChI=1S/C70H44/c1-69(2)59-32-16-15-31-55(59)66-48-25-7-6-22-45(48)57(40-63(66)69)65-52-29-11-9-27-50(52)64(51-28-10-12-30-53(51)65)43-35-36-54-56(38-43)44-21-5-8-26-49(44)67-58-37-41-19-3-4-20-42(41)39-62(58)70(68(54)67)60-33-17-13-23-46(60)47-24-14-18-34-61(47)70/h3-40H,1-2H3. The molecule has 0 unspecified atom stereocenters. The third-order valence-electron chi connectivity index (χ3n) is 17.0. The van der Waals surface area contributed by atoms with E-state index in [9.17, 15) is 0 Å². The summed E-state index contributed by atoms with van der Waals surface area (Å²) in [4.78, 5) is 0. The first kappa shape index (κ1) is 38.4. The third-order valence-corrected chi connectivity index (χ3v) is 17.0. The Hall–Kier alpha value is -8.58. The SMILES string of the molecule is CC1(C)c2ccccc2-c2c1cc(-c1c3ccccc3c(-c3ccc4c5c(c6ccccc6c4c3)-c3cc4ccccc4cc3C53c4ccccc4-c4ccccc43)c3ccccc13)c1ccccc21. The Bertz CT molecular complexity index is 4400.